The van der Waals surface area contributed by atoms with E-state index < -0.39 is 43.3 Å². The molecule has 0 saturated carbocycles. The molecule has 1 saturated heterocycles. The van der Waals surface area contributed by atoms with Crippen LogP contribution in [0.25, 0.3) is 22.4 Å². The number of carbonyl (C=O) groups is 3. The van der Waals surface area contributed by atoms with Crippen LogP contribution >= 0.6 is 11.6 Å². The zero-order valence-corrected chi connectivity index (χ0v) is 34.4. The molecule has 3 aromatic rings. The molecule has 286 valence electrons. The van der Waals surface area contributed by atoms with Crippen LogP contribution in [0.1, 0.15) is 87.8 Å². The molecule has 4 rings (SSSR count). The molecule has 2 N–H and O–H groups in total. The fourth-order valence-corrected chi connectivity index (χ4v) is 6.50. The second-order valence-corrected chi connectivity index (χ2v) is 22.2. The van der Waals surface area contributed by atoms with E-state index >= 15 is 0 Å². The van der Waals surface area contributed by atoms with Crippen LogP contribution in [0, 0.1) is 0 Å². The highest BCUT2D eigenvalue weighted by Gasteiger charge is 2.39. The van der Waals surface area contributed by atoms with Gasteiger partial charge in [0.1, 0.15) is 28.1 Å². The van der Waals surface area contributed by atoms with Crippen molar-refractivity contribution >= 4 is 61.0 Å². The number of halogens is 1. The van der Waals surface area contributed by atoms with Gasteiger partial charge in [-0.1, -0.05) is 32.4 Å². The van der Waals surface area contributed by atoms with E-state index in [2.05, 4.69) is 49.3 Å². The van der Waals surface area contributed by atoms with Crippen molar-refractivity contribution in [2.45, 2.75) is 124 Å². The number of alkyl carbamates (subject to hydrolysis) is 1. The molecule has 0 aliphatic carbocycles. The minimum Gasteiger partial charge on any atom is -0.463 e. The standard InChI is InChI=1S/C35H53ClN8O7Si/c1-32(2,3)50-29(45)40-35(10)15-18-43(19-16-35)26-22(20-49-52(12,13)34(7,8)9)38-25-24(41-44(30(46)47)28(25)39-26)21-14-17-37-27(23(21)36)42(11)31(48)51-33(4,5)6/h14,17H,15-16,18-20H2,1-13H3,(H,40,45)(H,46,47). The Labute approximate surface area is 311 Å². The largest absolute Gasteiger partial charge is 0.463 e. The third-order valence-corrected chi connectivity index (χ3v) is 14.0. The number of piperidine rings is 1. The lowest BCUT2D eigenvalue weighted by Gasteiger charge is -2.41. The number of rotatable bonds is 7. The quantitative estimate of drug-likeness (QED) is 0.224. The average Bonchev–Trinajstić information content (AvgIpc) is 3.35. The van der Waals surface area contributed by atoms with Gasteiger partial charge in [0.25, 0.3) is 0 Å². The first-order valence-corrected chi connectivity index (χ1v) is 20.6. The summed E-state index contributed by atoms with van der Waals surface area (Å²) in [6, 6.07) is 1.58. The molecular weight excluding hydrogens is 708 g/mol. The molecule has 3 aromatic heterocycles. The highest BCUT2D eigenvalue weighted by atomic mass is 35.5. The molecule has 1 fully saturated rings. The normalized spacial score (nSPS) is 15.4. The van der Waals surface area contributed by atoms with Crippen LogP contribution in [0.15, 0.2) is 12.3 Å². The summed E-state index contributed by atoms with van der Waals surface area (Å²) < 4.78 is 18.4. The third kappa shape index (κ3) is 9.31. The van der Waals surface area contributed by atoms with Crippen molar-refractivity contribution in [2.75, 3.05) is 29.9 Å². The molecule has 2 amide bonds. The zero-order valence-electron chi connectivity index (χ0n) is 32.6. The van der Waals surface area contributed by atoms with Crippen LogP contribution in [0.4, 0.5) is 26.0 Å². The number of anilines is 2. The lowest BCUT2D eigenvalue weighted by atomic mass is 9.89. The van der Waals surface area contributed by atoms with E-state index in [9.17, 15) is 19.5 Å². The summed E-state index contributed by atoms with van der Waals surface area (Å²) in [5.74, 6) is 0.555. The number of ether oxygens (including phenoxy) is 2. The third-order valence-electron chi connectivity index (χ3n) is 9.19. The molecular formula is C35H53ClN8O7Si. The summed E-state index contributed by atoms with van der Waals surface area (Å²) in [5.41, 5.74) is -0.792. The summed E-state index contributed by atoms with van der Waals surface area (Å²) in [7, 11) is -0.796. The van der Waals surface area contributed by atoms with Crippen molar-refractivity contribution in [3.05, 3.63) is 23.0 Å². The maximum absolute atomic E-state index is 12.9. The lowest BCUT2D eigenvalue weighted by Crippen LogP contribution is -2.54. The number of hydrogen-bond donors (Lipinski definition) is 2. The number of nitrogens with zero attached hydrogens (tertiary/aromatic N) is 7. The van der Waals surface area contributed by atoms with Crippen molar-refractivity contribution in [3.63, 3.8) is 0 Å². The molecule has 0 bridgehead atoms. The van der Waals surface area contributed by atoms with Crippen LogP contribution in [0.3, 0.4) is 0 Å². The molecule has 0 unspecified atom stereocenters. The fourth-order valence-electron chi connectivity index (χ4n) is 5.24. The van der Waals surface area contributed by atoms with E-state index in [0.717, 1.165) is 4.68 Å². The molecule has 52 heavy (non-hydrogen) atoms. The van der Waals surface area contributed by atoms with Crippen LogP contribution < -0.4 is 15.1 Å². The summed E-state index contributed by atoms with van der Waals surface area (Å²) in [4.78, 5) is 55.6. The molecule has 0 atom stereocenters. The Kier molecular flexibility index (Phi) is 11.3. The molecule has 0 spiro atoms. The summed E-state index contributed by atoms with van der Waals surface area (Å²) in [5, 5.41) is 17.7. The Morgan fingerprint density at radius 1 is 1.02 bits per heavy atom. The topological polar surface area (TPSA) is 174 Å². The minimum absolute atomic E-state index is 0.00344. The predicted octanol–water partition coefficient (Wildman–Crippen LogP) is 7.84. The van der Waals surface area contributed by atoms with Crippen molar-refractivity contribution in [1.29, 1.82) is 0 Å². The lowest BCUT2D eigenvalue weighted by molar-refractivity contribution is 0.0447. The predicted molar refractivity (Wildman–Crippen MR) is 203 cm³/mol. The molecule has 0 aromatic carbocycles. The van der Waals surface area contributed by atoms with E-state index in [1.54, 1.807) is 26.8 Å². The maximum atomic E-state index is 12.9. The Morgan fingerprint density at radius 2 is 1.62 bits per heavy atom. The van der Waals surface area contributed by atoms with Crippen molar-refractivity contribution < 1.29 is 33.4 Å². The average molecular weight is 761 g/mol. The van der Waals surface area contributed by atoms with Crippen molar-refractivity contribution in [1.82, 2.24) is 30.0 Å². The molecule has 0 radical (unpaired) electrons. The summed E-state index contributed by atoms with van der Waals surface area (Å²) in [6.07, 6.45) is 0.0553. The van der Waals surface area contributed by atoms with Gasteiger partial charge in [0.15, 0.2) is 25.6 Å². The van der Waals surface area contributed by atoms with E-state index in [0.29, 0.717) is 43.0 Å². The van der Waals surface area contributed by atoms with E-state index in [-0.39, 0.29) is 39.3 Å². The number of pyridine rings is 1. The van der Waals surface area contributed by atoms with Gasteiger partial charge >= 0.3 is 18.3 Å². The minimum atomic E-state index is -2.28. The van der Waals surface area contributed by atoms with E-state index in [1.165, 1.54) is 18.1 Å². The van der Waals surface area contributed by atoms with Crippen LogP contribution in [0.5, 0.6) is 0 Å². The molecule has 1 aliphatic rings. The monoisotopic (exact) mass is 760 g/mol. The van der Waals surface area contributed by atoms with Gasteiger partial charge in [-0.25, -0.2) is 29.3 Å². The Bertz CT molecular complexity index is 1840. The van der Waals surface area contributed by atoms with E-state index in [1.807, 2.05) is 32.6 Å². The van der Waals surface area contributed by atoms with Gasteiger partial charge in [0, 0.05) is 37.4 Å². The number of carboxylic acid groups (broad SMARTS) is 1. The van der Waals surface area contributed by atoms with Gasteiger partial charge in [0.05, 0.1) is 11.6 Å². The molecule has 17 heteroatoms. The number of amides is 2. The second-order valence-electron chi connectivity index (χ2n) is 17.0. The Morgan fingerprint density at radius 3 is 2.15 bits per heavy atom. The molecule has 15 nitrogen and oxygen atoms in total. The van der Waals surface area contributed by atoms with Crippen molar-refractivity contribution in [2.24, 2.45) is 0 Å². The Balaban J connectivity index is 1.82. The van der Waals surface area contributed by atoms with Crippen LogP contribution in [-0.4, -0.2) is 93.3 Å². The first-order chi connectivity index (χ1) is 23.7. The van der Waals surface area contributed by atoms with E-state index in [4.69, 9.17) is 35.5 Å². The number of hydrogen-bond acceptors (Lipinski definition) is 11. The highest BCUT2D eigenvalue weighted by Crippen LogP contribution is 2.40. The molecule has 1 aliphatic heterocycles. The summed E-state index contributed by atoms with van der Waals surface area (Å²) >= 11 is 6.88. The van der Waals surface area contributed by atoms with Crippen molar-refractivity contribution in [3.8, 4) is 11.3 Å². The molecule has 4 heterocycles. The first kappa shape index (κ1) is 40.7. The Hall–Kier alpha value is -4.02. The van der Waals surface area contributed by atoms with Gasteiger partial charge in [-0.2, -0.15) is 5.10 Å². The first-order valence-electron chi connectivity index (χ1n) is 17.3. The second kappa shape index (κ2) is 14.4. The maximum Gasteiger partial charge on any atom is 0.434 e. The zero-order chi connectivity index (χ0) is 39.2. The van der Waals surface area contributed by atoms with Gasteiger partial charge in [-0.15, -0.1) is 4.68 Å². The number of nitrogens with one attached hydrogen (secondary N) is 1. The summed E-state index contributed by atoms with van der Waals surface area (Å²) in [6.45, 7) is 24.5. The van der Waals surface area contributed by atoms with Crippen LogP contribution in [-0.2, 0) is 20.5 Å². The van der Waals surface area contributed by atoms with Gasteiger partial charge < -0.3 is 29.2 Å². The van der Waals surface area contributed by atoms with Gasteiger partial charge in [-0.3, -0.25) is 4.90 Å². The number of aromatic nitrogens is 5. The highest BCUT2D eigenvalue weighted by molar-refractivity contribution is 6.74. The van der Waals surface area contributed by atoms with Crippen LogP contribution in [0.2, 0.25) is 23.2 Å². The SMILES string of the molecule is CN(C(=O)OC(C)(C)C)c1nccc(-c2nn(C(=O)O)c3nc(N4CCC(C)(NC(=O)OC(C)(C)C)CC4)c(CO[Si](C)(C)C(C)(C)C)nc23)c1Cl. The van der Waals surface area contributed by atoms with Gasteiger partial charge in [-0.05, 0) is 85.5 Å². The number of fused-ring (bicyclic) bond motifs is 1. The van der Waals surface area contributed by atoms with Gasteiger partial charge in [0.2, 0.25) is 0 Å². The smallest absolute Gasteiger partial charge is 0.434 e. The number of carbonyl (C=O) groups excluding carboxylic acids is 2. The fraction of sp³-hybridized carbons (Fsp3) is 0.629.